The zero-order valence-electron chi connectivity index (χ0n) is 9.74. The van der Waals surface area contributed by atoms with Crippen LogP contribution < -0.4 is 0 Å². The monoisotopic (exact) mass is 266 g/mol. The Balaban J connectivity index is 2.66. The molecule has 0 heterocycles. The van der Waals surface area contributed by atoms with E-state index in [1.165, 1.54) is 11.4 Å². The van der Waals surface area contributed by atoms with Gasteiger partial charge in [-0.2, -0.15) is 17.0 Å². The van der Waals surface area contributed by atoms with Gasteiger partial charge < -0.3 is 10.2 Å². The normalized spacial score (nSPS) is 16.7. The van der Waals surface area contributed by atoms with Crippen LogP contribution in [0.4, 0.5) is 0 Å². The Morgan fingerprint density at radius 3 is 2.35 bits per heavy atom. The number of carboxylic acids is 1. The number of hydrogen-bond donors (Lipinski definition) is 2. The molecule has 1 aliphatic rings. The maximum Gasteiger partial charge on any atom is 0.304 e. The highest BCUT2D eigenvalue weighted by molar-refractivity contribution is 7.86. The Kier molecular flexibility index (Phi) is 4.87. The molecule has 0 aliphatic heterocycles. The molecule has 0 aromatic rings. The number of aliphatic hydroxyl groups excluding tert-OH is 1. The lowest BCUT2D eigenvalue weighted by atomic mass is 10.4. The predicted molar refractivity (Wildman–Crippen MR) is 60.6 cm³/mol. The Hall–Kier alpha value is -0.700. The first kappa shape index (κ1) is 14.4. The number of hydrogen-bond acceptors (Lipinski definition) is 4. The van der Waals surface area contributed by atoms with Gasteiger partial charge >= 0.3 is 5.97 Å². The molecule has 7 nitrogen and oxygen atoms in total. The van der Waals surface area contributed by atoms with E-state index in [1.54, 1.807) is 0 Å². The van der Waals surface area contributed by atoms with Gasteiger partial charge in [0.1, 0.15) is 0 Å². The first-order valence-corrected chi connectivity index (χ1v) is 6.85. The molecular weight excluding hydrogens is 248 g/mol. The summed E-state index contributed by atoms with van der Waals surface area (Å²) in [4.78, 5) is 10.4. The van der Waals surface area contributed by atoms with Crippen molar-refractivity contribution in [1.82, 2.24) is 8.61 Å². The van der Waals surface area contributed by atoms with Gasteiger partial charge in [-0.15, -0.1) is 0 Å². The summed E-state index contributed by atoms with van der Waals surface area (Å²) in [6.07, 6.45) is 1.37. The number of rotatable bonds is 8. The summed E-state index contributed by atoms with van der Waals surface area (Å²) in [6, 6.07) is -0.0422. The van der Waals surface area contributed by atoms with Gasteiger partial charge in [-0.1, -0.05) is 0 Å². The molecule has 1 fully saturated rings. The summed E-state index contributed by atoms with van der Waals surface area (Å²) in [7, 11) is -2.30. The van der Waals surface area contributed by atoms with Crippen molar-refractivity contribution in [2.45, 2.75) is 25.3 Å². The van der Waals surface area contributed by atoms with E-state index in [1.807, 2.05) is 0 Å². The summed E-state index contributed by atoms with van der Waals surface area (Å²) in [5.41, 5.74) is 0. The van der Waals surface area contributed by atoms with Crippen LogP contribution in [0.15, 0.2) is 0 Å². The van der Waals surface area contributed by atoms with Crippen molar-refractivity contribution in [3.05, 3.63) is 0 Å². The second-order valence-corrected chi connectivity index (χ2v) is 6.03. The molecule has 2 N–H and O–H groups in total. The second kappa shape index (κ2) is 5.76. The van der Waals surface area contributed by atoms with E-state index in [9.17, 15) is 13.2 Å². The molecule has 0 saturated heterocycles. The first-order valence-electron chi connectivity index (χ1n) is 5.45. The lowest BCUT2D eigenvalue weighted by molar-refractivity contribution is -0.137. The predicted octanol–water partition coefficient (Wildman–Crippen LogP) is -0.906. The number of carbonyl (C=O) groups is 1. The average Bonchev–Trinajstić information content (AvgIpc) is 3.05. The van der Waals surface area contributed by atoms with Crippen LogP contribution in [0.3, 0.4) is 0 Å². The van der Waals surface area contributed by atoms with Crippen LogP contribution in [0.1, 0.15) is 19.3 Å². The van der Waals surface area contributed by atoms with Crippen molar-refractivity contribution in [3.8, 4) is 0 Å². The summed E-state index contributed by atoms with van der Waals surface area (Å²) >= 11 is 0. The average molecular weight is 266 g/mol. The van der Waals surface area contributed by atoms with Crippen molar-refractivity contribution in [2.24, 2.45) is 0 Å². The van der Waals surface area contributed by atoms with Crippen molar-refractivity contribution in [2.75, 3.05) is 26.7 Å². The summed E-state index contributed by atoms with van der Waals surface area (Å²) in [6.45, 7) is -0.237. The van der Waals surface area contributed by atoms with Gasteiger partial charge in [0.05, 0.1) is 13.0 Å². The maximum atomic E-state index is 12.1. The Morgan fingerprint density at radius 2 is 1.94 bits per heavy atom. The van der Waals surface area contributed by atoms with E-state index >= 15 is 0 Å². The largest absolute Gasteiger partial charge is 0.481 e. The lowest BCUT2D eigenvalue weighted by Crippen LogP contribution is -2.45. The lowest BCUT2D eigenvalue weighted by Gasteiger charge is -2.26. The molecule has 0 bridgehead atoms. The summed E-state index contributed by atoms with van der Waals surface area (Å²) < 4.78 is 26.4. The summed E-state index contributed by atoms with van der Waals surface area (Å²) in [5.74, 6) is -1.04. The Labute approximate surface area is 101 Å². The van der Waals surface area contributed by atoms with Gasteiger partial charge in [0, 0.05) is 26.2 Å². The van der Waals surface area contributed by atoms with Crippen LogP contribution in [0.2, 0.25) is 0 Å². The van der Waals surface area contributed by atoms with Crippen molar-refractivity contribution >= 4 is 16.2 Å². The third kappa shape index (κ3) is 3.91. The first-order chi connectivity index (χ1) is 7.89. The number of aliphatic hydroxyl groups is 1. The third-order valence-electron chi connectivity index (χ3n) is 2.61. The zero-order valence-corrected chi connectivity index (χ0v) is 10.6. The van der Waals surface area contributed by atoms with Crippen LogP contribution in [0, 0.1) is 0 Å². The maximum absolute atomic E-state index is 12.1. The fourth-order valence-corrected chi connectivity index (χ4v) is 3.07. The van der Waals surface area contributed by atoms with E-state index in [-0.39, 0.29) is 32.2 Å². The van der Waals surface area contributed by atoms with Crippen molar-refractivity contribution in [3.63, 3.8) is 0 Å². The minimum absolute atomic E-state index is 0.0422. The topological polar surface area (TPSA) is 98.2 Å². The Morgan fingerprint density at radius 1 is 1.35 bits per heavy atom. The molecule has 0 aromatic heterocycles. The van der Waals surface area contributed by atoms with Crippen molar-refractivity contribution < 1.29 is 23.4 Å². The number of carboxylic acid groups (broad SMARTS) is 1. The van der Waals surface area contributed by atoms with Gasteiger partial charge in [0.25, 0.3) is 10.2 Å². The molecule has 0 unspecified atom stereocenters. The van der Waals surface area contributed by atoms with Crippen LogP contribution in [0.5, 0.6) is 0 Å². The molecular formula is C9H18N2O5S. The molecule has 100 valence electrons. The number of aliphatic carboxylic acids is 1. The van der Waals surface area contributed by atoms with Gasteiger partial charge in [-0.25, -0.2) is 0 Å². The van der Waals surface area contributed by atoms with E-state index in [4.69, 9.17) is 10.2 Å². The molecule has 1 rings (SSSR count). The van der Waals surface area contributed by atoms with E-state index in [0.29, 0.717) is 0 Å². The van der Waals surface area contributed by atoms with Crippen LogP contribution in [-0.2, 0) is 15.0 Å². The smallest absolute Gasteiger partial charge is 0.304 e. The quantitative estimate of drug-likeness (QED) is 0.593. The second-order valence-electron chi connectivity index (χ2n) is 4.04. The fourth-order valence-electron chi connectivity index (χ4n) is 1.49. The molecule has 0 spiro atoms. The highest BCUT2D eigenvalue weighted by atomic mass is 32.2. The molecule has 0 amide bonds. The van der Waals surface area contributed by atoms with Crippen molar-refractivity contribution in [1.29, 1.82) is 0 Å². The Bertz CT molecular complexity index is 366. The van der Waals surface area contributed by atoms with E-state index in [0.717, 1.165) is 17.1 Å². The minimum atomic E-state index is -3.65. The molecule has 0 aromatic carbocycles. The number of nitrogens with zero attached hydrogens (tertiary/aromatic N) is 2. The SMILES string of the molecule is CN(CCC(=O)O)S(=O)(=O)N(CCO)C1CC1. The molecule has 17 heavy (non-hydrogen) atoms. The molecule has 8 heteroatoms. The third-order valence-corrected chi connectivity index (χ3v) is 4.65. The van der Waals surface area contributed by atoms with Gasteiger partial charge in [0.15, 0.2) is 0 Å². The van der Waals surface area contributed by atoms with Crippen LogP contribution >= 0.6 is 0 Å². The van der Waals surface area contributed by atoms with E-state index < -0.39 is 16.2 Å². The van der Waals surface area contributed by atoms with Gasteiger partial charge in [-0.05, 0) is 12.8 Å². The molecule has 0 atom stereocenters. The van der Waals surface area contributed by atoms with Gasteiger partial charge in [0.2, 0.25) is 0 Å². The highest BCUT2D eigenvalue weighted by Crippen LogP contribution is 2.29. The molecule has 1 aliphatic carbocycles. The van der Waals surface area contributed by atoms with Crippen LogP contribution in [0.25, 0.3) is 0 Å². The van der Waals surface area contributed by atoms with Crippen LogP contribution in [-0.4, -0.2) is 66.0 Å². The minimum Gasteiger partial charge on any atom is -0.481 e. The molecule has 0 radical (unpaired) electrons. The van der Waals surface area contributed by atoms with Gasteiger partial charge in [-0.3, -0.25) is 4.79 Å². The van der Waals surface area contributed by atoms with E-state index in [2.05, 4.69) is 0 Å². The zero-order chi connectivity index (χ0) is 13.1. The fraction of sp³-hybridized carbons (Fsp3) is 0.889. The molecule has 1 saturated carbocycles. The standard InChI is InChI=1S/C9H18N2O5S/c1-10(5-4-9(13)14)17(15,16)11(6-7-12)8-2-3-8/h8,12H,2-7H2,1H3,(H,13,14). The highest BCUT2D eigenvalue weighted by Gasteiger charge is 2.38. The summed E-state index contributed by atoms with van der Waals surface area (Å²) in [5, 5.41) is 17.4.